The normalized spacial score (nSPS) is 16.3. The number of carbonyl (C=O) groups is 3. The van der Waals surface area contributed by atoms with E-state index in [4.69, 9.17) is 16.6 Å². The fraction of sp³-hybridized carbons (Fsp3) is 0.185. The van der Waals surface area contributed by atoms with Gasteiger partial charge < -0.3 is 9.88 Å². The second-order valence-corrected chi connectivity index (χ2v) is 9.27. The number of benzene rings is 3. The molecule has 0 bridgehead atoms. The zero-order chi connectivity index (χ0) is 24.1. The Morgan fingerprint density at radius 1 is 0.914 bits per heavy atom. The largest absolute Gasteiger partial charge is 0.342 e. The number of H-pyrrole nitrogens is 1. The van der Waals surface area contributed by atoms with E-state index in [0.29, 0.717) is 29.4 Å². The molecule has 1 aromatic heterocycles. The summed E-state index contributed by atoms with van der Waals surface area (Å²) in [6.45, 7) is 1.19. The monoisotopic (exact) mass is 484 g/mol. The van der Waals surface area contributed by atoms with Crippen LogP contribution in [0.4, 0.5) is 5.69 Å². The fourth-order valence-electron chi connectivity index (χ4n) is 4.93. The second kappa shape index (κ2) is 8.36. The van der Waals surface area contributed by atoms with Gasteiger partial charge in [-0.05, 0) is 55.3 Å². The molecule has 8 heteroatoms. The molecule has 6 rings (SSSR count). The molecule has 0 spiro atoms. The quantitative estimate of drug-likeness (QED) is 0.413. The summed E-state index contributed by atoms with van der Waals surface area (Å²) in [5.41, 5.74) is 3.19. The van der Waals surface area contributed by atoms with Gasteiger partial charge in [0.2, 0.25) is 0 Å². The highest BCUT2D eigenvalue weighted by molar-refractivity contribution is 6.39. The lowest BCUT2D eigenvalue weighted by Crippen LogP contribution is -2.38. The molecular formula is C27H21ClN4O3. The molecule has 3 aromatic carbocycles. The minimum atomic E-state index is -0.476. The van der Waals surface area contributed by atoms with Crippen molar-refractivity contribution in [2.45, 2.75) is 18.8 Å². The summed E-state index contributed by atoms with van der Waals surface area (Å²) in [7, 11) is 0. The lowest BCUT2D eigenvalue weighted by atomic mass is 9.95. The average Bonchev–Trinajstić information content (AvgIpc) is 3.43. The van der Waals surface area contributed by atoms with E-state index in [2.05, 4.69) is 4.98 Å². The molecule has 2 aliphatic heterocycles. The number of fused-ring (bicyclic) bond motifs is 2. The van der Waals surface area contributed by atoms with Crippen molar-refractivity contribution in [3.63, 3.8) is 0 Å². The Kier molecular flexibility index (Phi) is 5.15. The van der Waals surface area contributed by atoms with Crippen LogP contribution in [0.1, 0.15) is 55.7 Å². The lowest BCUT2D eigenvalue weighted by molar-refractivity contribution is 0.0711. The van der Waals surface area contributed by atoms with Crippen LogP contribution < -0.4 is 4.90 Å². The summed E-state index contributed by atoms with van der Waals surface area (Å²) >= 11 is 6.23. The van der Waals surface area contributed by atoms with Crippen molar-refractivity contribution < 1.29 is 14.4 Å². The first-order chi connectivity index (χ1) is 17.0. The maximum atomic E-state index is 13.2. The van der Waals surface area contributed by atoms with Crippen LogP contribution in [0.25, 0.3) is 11.0 Å². The predicted molar refractivity (Wildman–Crippen MR) is 133 cm³/mol. The maximum Gasteiger partial charge on any atom is 0.266 e. The number of carbonyl (C=O) groups excluding carboxylic acids is 3. The van der Waals surface area contributed by atoms with Crippen molar-refractivity contribution in [1.82, 2.24) is 14.9 Å². The standard InChI is InChI=1S/C27H21ClN4O3/c28-20-5-1-4-8-23(20)32-26(34)18-10-9-17(15-19(18)27(32)35)25(33)31-13-11-16(12-14-31)24-29-21-6-2-3-7-22(21)30-24/h1-10,15-16H,11-14H2,(H,29,30). The molecule has 1 N–H and O–H groups in total. The third-order valence-electron chi connectivity index (χ3n) is 6.80. The Bertz CT molecular complexity index is 1470. The smallest absolute Gasteiger partial charge is 0.266 e. The summed E-state index contributed by atoms with van der Waals surface area (Å²) < 4.78 is 0. The van der Waals surface area contributed by atoms with Gasteiger partial charge in [-0.25, -0.2) is 9.88 Å². The molecule has 4 aromatic rings. The van der Waals surface area contributed by atoms with Gasteiger partial charge in [0.05, 0.1) is 32.9 Å². The summed E-state index contributed by atoms with van der Waals surface area (Å²) in [5, 5.41) is 0.311. The Morgan fingerprint density at radius 3 is 2.40 bits per heavy atom. The van der Waals surface area contributed by atoms with Crippen LogP contribution in [0.3, 0.4) is 0 Å². The number of nitrogens with zero attached hydrogens (tertiary/aromatic N) is 3. The van der Waals surface area contributed by atoms with Gasteiger partial charge >= 0.3 is 0 Å². The number of anilines is 1. The van der Waals surface area contributed by atoms with Gasteiger partial charge in [0.15, 0.2) is 0 Å². The topological polar surface area (TPSA) is 86.4 Å². The van der Waals surface area contributed by atoms with E-state index in [1.54, 1.807) is 41.3 Å². The van der Waals surface area contributed by atoms with Crippen molar-refractivity contribution in [3.8, 4) is 0 Å². The van der Waals surface area contributed by atoms with Gasteiger partial charge in [-0.3, -0.25) is 14.4 Å². The number of hydrogen-bond donors (Lipinski definition) is 1. The number of aromatic amines is 1. The molecule has 3 heterocycles. The van der Waals surface area contributed by atoms with Crippen LogP contribution in [-0.4, -0.2) is 45.7 Å². The van der Waals surface area contributed by atoms with Crippen molar-refractivity contribution in [2.24, 2.45) is 0 Å². The molecule has 1 saturated heterocycles. The highest BCUT2D eigenvalue weighted by Crippen LogP contribution is 2.34. The first-order valence-electron chi connectivity index (χ1n) is 11.5. The number of rotatable bonds is 3. The molecular weight excluding hydrogens is 464 g/mol. The molecule has 0 unspecified atom stereocenters. The molecule has 0 saturated carbocycles. The van der Waals surface area contributed by atoms with Crippen LogP contribution in [0.15, 0.2) is 66.7 Å². The first-order valence-corrected chi connectivity index (χ1v) is 11.9. The van der Waals surface area contributed by atoms with E-state index < -0.39 is 11.8 Å². The molecule has 7 nitrogen and oxygen atoms in total. The number of halogens is 1. The SMILES string of the molecule is O=C(c1ccc2c(c1)C(=O)N(c1ccccc1Cl)C2=O)N1CCC(c2nc3ccccc3[nH]2)CC1. The number of imidazole rings is 1. The minimum Gasteiger partial charge on any atom is -0.342 e. The summed E-state index contributed by atoms with van der Waals surface area (Å²) in [5.74, 6) is 0.154. The van der Waals surface area contributed by atoms with Crippen LogP contribution in [0.5, 0.6) is 0 Å². The number of amides is 3. The zero-order valence-corrected chi connectivity index (χ0v) is 19.5. The molecule has 0 aliphatic carbocycles. The zero-order valence-electron chi connectivity index (χ0n) is 18.7. The molecule has 3 amide bonds. The fourth-order valence-corrected chi connectivity index (χ4v) is 5.15. The Hall–Kier alpha value is -3.97. The first kappa shape index (κ1) is 21.6. The Balaban J connectivity index is 1.19. The molecule has 35 heavy (non-hydrogen) atoms. The van der Waals surface area contributed by atoms with E-state index in [1.807, 2.05) is 24.3 Å². The third-order valence-corrected chi connectivity index (χ3v) is 7.12. The number of aromatic nitrogens is 2. The summed E-state index contributed by atoms with van der Waals surface area (Å²) in [4.78, 5) is 50.3. The highest BCUT2D eigenvalue weighted by atomic mass is 35.5. The van der Waals surface area contributed by atoms with E-state index >= 15 is 0 Å². The third kappa shape index (κ3) is 3.59. The molecule has 1 fully saturated rings. The van der Waals surface area contributed by atoms with Gasteiger partial charge in [0, 0.05) is 24.6 Å². The van der Waals surface area contributed by atoms with Crippen LogP contribution in [0, 0.1) is 0 Å². The number of para-hydroxylation sites is 3. The van der Waals surface area contributed by atoms with Crippen LogP contribution >= 0.6 is 11.6 Å². The average molecular weight is 485 g/mol. The number of hydrogen-bond acceptors (Lipinski definition) is 4. The Morgan fingerprint density at radius 2 is 1.63 bits per heavy atom. The maximum absolute atomic E-state index is 13.2. The van der Waals surface area contributed by atoms with Crippen molar-refractivity contribution >= 4 is 46.0 Å². The van der Waals surface area contributed by atoms with Gasteiger partial charge in [0.25, 0.3) is 17.7 Å². The summed E-state index contributed by atoms with van der Waals surface area (Å²) in [6, 6.07) is 19.4. The molecule has 2 aliphatic rings. The lowest BCUT2D eigenvalue weighted by Gasteiger charge is -2.31. The molecule has 0 atom stereocenters. The van der Waals surface area contributed by atoms with E-state index in [9.17, 15) is 14.4 Å². The van der Waals surface area contributed by atoms with Crippen molar-refractivity contribution in [3.05, 3.63) is 94.3 Å². The van der Waals surface area contributed by atoms with Crippen molar-refractivity contribution in [2.75, 3.05) is 18.0 Å². The predicted octanol–water partition coefficient (Wildman–Crippen LogP) is 5.04. The van der Waals surface area contributed by atoms with Gasteiger partial charge in [-0.1, -0.05) is 35.9 Å². The minimum absolute atomic E-state index is 0.146. The van der Waals surface area contributed by atoms with Gasteiger partial charge in [-0.2, -0.15) is 0 Å². The molecule has 174 valence electrons. The van der Waals surface area contributed by atoms with E-state index in [0.717, 1.165) is 34.6 Å². The number of likely N-dealkylation sites (tertiary alicyclic amines) is 1. The summed E-state index contributed by atoms with van der Waals surface area (Å²) in [6.07, 6.45) is 1.60. The Labute approximate surface area is 206 Å². The van der Waals surface area contributed by atoms with E-state index in [-0.39, 0.29) is 23.0 Å². The van der Waals surface area contributed by atoms with Crippen molar-refractivity contribution in [1.29, 1.82) is 0 Å². The second-order valence-electron chi connectivity index (χ2n) is 8.86. The number of piperidine rings is 1. The molecule has 0 radical (unpaired) electrons. The van der Waals surface area contributed by atoms with Crippen LogP contribution in [0.2, 0.25) is 5.02 Å². The van der Waals surface area contributed by atoms with Gasteiger partial charge in [0.1, 0.15) is 5.82 Å². The van der Waals surface area contributed by atoms with E-state index in [1.165, 1.54) is 6.07 Å². The number of nitrogens with one attached hydrogen (secondary N) is 1. The number of imide groups is 1. The van der Waals surface area contributed by atoms with Crippen LogP contribution in [-0.2, 0) is 0 Å². The highest BCUT2D eigenvalue weighted by Gasteiger charge is 2.38. The van der Waals surface area contributed by atoms with Gasteiger partial charge in [-0.15, -0.1) is 0 Å².